The second kappa shape index (κ2) is 3.93. The molecule has 0 aliphatic carbocycles. The maximum atomic E-state index is 5.81. The number of nitrogens with two attached hydrogens (primary N) is 1. The highest BCUT2D eigenvalue weighted by Gasteiger charge is 2.09. The first-order valence-electron chi connectivity index (χ1n) is 3.87. The number of anilines is 1. The maximum absolute atomic E-state index is 5.81. The molecule has 2 aromatic rings. The molecule has 0 radical (unpaired) electrons. The summed E-state index contributed by atoms with van der Waals surface area (Å²) in [5, 5.41) is 4.13. The standard InChI is InChI=1S/C8H7BrIN3O/c9-5-1-2-14-7(5)4-13-8(11)6(10)3-12-13/h1-3H,4,11H2. The first-order valence-corrected chi connectivity index (χ1v) is 5.74. The molecule has 14 heavy (non-hydrogen) atoms. The second-order valence-electron chi connectivity index (χ2n) is 2.73. The monoisotopic (exact) mass is 367 g/mol. The van der Waals surface area contributed by atoms with Crippen LogP contribution in [0.15, 0.2) is 27.4 Å². The fourth-order valence-corrected chi connectivity index (χ4v) is 1.80. The van der Waals surface area contributed by atoms with Crippen molar-refractivity contribution in [3.05, 3.63) is 32.3 Å². The zero-order valence-corrected chi connectivity index (χ0v) is 10.8. The molecule has 0 aliphatic heterocycles. The maximum Gasteiger partial charge on any atom is 0.139 e. The molecule has 2 aromatic heterocycles. The number of hydrogen-bond donors (Lipinski definition) is 1. The van der Waals surface area contributed by atoms with E-state index in [0.29, 0.717) is 12.4 Å². The van der Waals surface area contributed by atoms with Gasteiger partial charge in [-0.05, 0) is 44.6 Å². The number of halogens is 2. The molecule has 2 rings (SSSR count). The molecule has 0 atom stereocenters. The van der Waals surface area contributed by atoms with E-state index in [-0.39, 0.29) is 0 Å². The zero-order chi connectivity index (χ0) is 10.1. The molecular formula is C8H7BrIN3O. The van der Waals surface area contributed by atoms with Crippen LogP contribution in [0.25, 0.3) is 0 Å². The van der Waals surface area contributed by atoms with Crippen LogP contribution in [-0.4, -0.2) is 9.78 Å². The first kappa shape index (κ1) is 10.0. The largest absolute Gasteiger partial charge is 0.466 e. The lowest BCUT2D eigenvalue weighted by molar-refractivity contribution is 0.480. The minimum absolute atomic E-state index is 0.544. The summed E-state index contributed by atoms with van der Waals surface area (Å²) in [5.41, 5.74) is 5.81. The number of nitrogens with zero attached hydrogens (tertiary/aromatic N) is 2. The van der Waals surface area contributed by atoms with Crippen LogP contribution in [-0.2, 0) is 6.54 Å². The minimum Gasteiger partial charge on any atom is -0.466 e. The molecule has 2 heterocycles. The third kappa shape index (κ3) is 1.81. The summed E-state index contributed by atoms with van der Waals surface area (Å²) < 4.78 is 8.85. The number of aromatic nitrogens is 2. The van der Waals surface area contributed by atoms with Crippen LogP contribution in [0.1, 0.15) is 5.76 Å². The van der Waals surface area contributed by atoms with Crippen molar-refractivity contribution in [1.29, 1.82) is 0 Å². The number of nitrogen functional groups attached to an aromatic ring is 1. The molecule has 6 heteroatoms. The summed E-state index contributed by atoms with van der Waals surface area (Å²) in [6.45, 7) is 0.544. The van der Waals surface area contributed by atoms with Gasteiger partial charge in [-0.3, -0.25) is 0 Å². The van der Waals surface area contributed by atoms with Gasteiger partial charge >= 0.3 is 0 Å². The van der Waals surface area contributed by atoms with Gasteiger partial charge in [-0.1, -0.05) is 0 Å². The predicted octanol–water partition coefficient (Wildman–Crippen LogP) is 2.47. The van der Waals surface area contributed by atoms with Crippen molar-refractivity contribution < 1.29 is 4.42 Å². The van der Waals surface area contributed by atoms with Gasteiger partial charge in [-0.15, -0.1) is 0 Å². The third-order valence-corrected chi connectivity index (χ3v) is 3.36. The fraction of sp³-hybridized carbons (Fsp3) is 0.125. The van der Waals surface area contributed by atoms with E-state index in [0.717, 1.165) is 13.8 Å². The highest BCUT2D eigenvalue weighted by molar-refractivity contribution is 14.1. The first-order chi connectivity index (χ1) is 6.68. The van der Waals surface area contributed by atoms with E-state index in [9.17, 15) is 0 Å². The molecule has 0 saturated heterocycles. The Morgan fingerprint density at radius 2 is 2.43 bits per heavy atom. The van der Waals surface area contributed by atoms with Crippen molar-refractivity contribution >= 4 is 44.3 Å². The number of furan rings is 1. The van der Waals surface area contributed by atoms with Gasteiger partial charge in [-0.25, -0.2) is 4.68 Å². The van der Waals surface area contributed by atoms with Crippen LogP contribution in [0.2, 0.25) is 0 Å². The van der Waals surface area contributed by atoms with Gasteiger partial charge in [0, 0.05) is 0 Å². The summed E-state index contributed by atoms with van der Waals surface area (Å²) in [6.07, 6.45) is 3.36. The second-order valence-corrected chi connectivity index (χ2v) is 4.74. The average Bonchev–Trinajstić information content (AvgIpc) is 2.68. The van der Waals surface area contributed by atoms with Crippen molar-refractivity contribution in [2.45, 2.75) is 6.54 Å². The van der Waals surface area contributed by atoms with Gasteiger partial charge in [-0.2, -0.15) is 5.10 Å². The summed E-state index contributed by atoms with van der Waals surface area (Å²) >= 11 is 5.52. The van der Waals surface area contributed by atoms with Crippen LogP contribution in [0.3, 0.4) is 0 Å². The summed E-state index contributed by atoms with van der Waals surface area (Å²) in [4.78, 5) is 0. The molecule has 0 unspecified atom stereocenters. The average molecular weight is 368 g/mol. The number of rotatable bonds is 2. The van der Waals surface area contributed by atoms with Gasteiger partial charge < -0.3 is 10.2 Å². The Hall–Kier alpha value is -0.500. The van der Waals surface area contributed by atoms with Crippen LogP contribution < -0.4 is 5.73 Å². The van der Waals surface area contributed by atoms with Gasteiger partial charge in [0.15, 0.2) is 0 Å². The van der Waals surface area contributed by atoms with E-state index in [1.807, 2.05) is 6.07 Å². The minimum atomic E-state index is 0.544. The molecular weight excluding hydrogens is 361 g/mol. The zero-order valence-electron chi connectivity index (χ0n) is 7.08. The van der Waals surface area contributed by atoms with Crippen LogP contribution in [0, 0.1) is 3.57 Å². The molecule has 0 bridgehead atoms. The lowest BCUT2D eigenvalue weighted by Crippen LogP contribution is -2.05. The molecule has 0 aromatic carbocycles. The Kier molecular flexibility index (Phi) is 2.82. The number of hydrogen-bond acceptors (Lipinski definition) is 3. The van der Waals surface area contributed by atoms with E-state index in [1.165, 1.54) is 0 Å². The SMILES string of the molecule is Nc1c(I)cnn1Cc1occc1Br. The fourth-order valence-electron chi connectivity index (χ4n) is 1.07. The Morgan fingerprint density at radius 3 is 2.93 bits per heavy atom. The normalized spacial score (nSPS) is 10.7. The van der Waals surface area contributed by atoms with E-state index >= 15 is 0 Å². The van der Waals surface area contributed by atoms with Gasteiger partial charge in [0.05, 0.1) is 20.5 Å². The van der Waals surface area contributed by atoms with E-state index < -0.39 is 0 Å². The van der Waals surface area contributed by atoms with Crippen LogP contribution >= 0.6 is 38.5 Å². The van der Waals surface area contributed by atoms with Crippen molar-refractivity contribution in [3.63, 3.8) is 0 Å². The quantitative estimate of drug-likeness (QED) is 0.829. The summed E-state index contributed by atoms with van der Waals surface area (Å²) in [7, 11) is 0. The lowest BCUT2D eigenvalue weighted by Gasteiger charge is -2.01. The molecule has 4 nitrogen and oxygen atoms in total. The van der Waals surface area contributed by atoms with Crippen molar-refractivity contribution in [3.8, 4) is 0 Å². The summed E-state index contributed by atoms with van der Waals surface area (Å²) in [6, 6.07) is 1.85. The molecule has 2 N–H and O–H groups in total. The summed E-state index contributed by atoms with van der Waals surface area (Å²) in [5.74, 6) is 1.48. The third-order valence-electron chi connectivity index (χ3n) is 1.82. The predicted molar refractivity (Wildman–Crippen MR) is 64.9 cm³/mol. The Bertz CT molecular complexity index is 451. The van der Waals surface area contributed by atoms with E-state index in [4.69, 9.17) is 10.2 Å². The molecule has 74 valence electrons. The van der Waals surface area contributed by atoms with Crippen LogP contribution in [0.5, 0.6) is 0 Å². The lowest BCUT2D eigenvalue weighted by atomic mass is 10.4. The Labute approximate surface area is 103 Å². The van der Waals surface area contributed by atoms with Crippen molar-refractivity contribution in [1.82, 2.24) is 9.78 Å². The smallest absolute Gasteiger partial charge is 0.139 e. The Balaban J connectivity index is 2.27. The van der Waals surface area contributed by atoms with E-state index in [1.54, 1.807) is 17.1 Å². The Morgan fingerprint density at radius 1 is 1.64 bits per heavy atom. The topological polar surface area (TPSA) is 57.0 Å². The highest BCUT2D eigenvalue weighted by Crippen LogP contribution is 2.21. The van der Waals surface area contributed by atoms with Crippen LogP contribution in [0.4, 0.5) is 5.82 Å². The van der Waals surface area contributed by atoms with Gasteiger partial charge in [0.25, 0.3) is 0 Å². The van der Waals surface area contributed by atoms with Gasteiger partial charge in [0.1, 0.15) is 18.1 Å². The molecule has 0 fully saturated rings. The van der Waals surface area contributed by atoms with Gasteiger partial charge in [0.2, 0.25) is 0 Å². The van der Waals surface area contributed by atoms with Crippen molar-refractivity contribution in [2.75, 3.05) is 5.73 Å². The molecule has 0 amide bonds. The van der Waals surface area contributed by atoms with Crippen molar-refractivity contribution in [2.24, 2.45) is 0 Å². The molecule has 0 saturated carbocycles. The highest BCUT2D eigenvalue weighted by atomic mass is 127. The molecule has 0 aliphatic rings. The molecule has 0 spiro atoms. The van der Waals surface area contributed by atoms with E-state index in [2.05, 4.69) is 43.6 Å².